The number of nitrogens with one attached hydrogen (secondary N) is 1. The van der Waals surface area contributed by atoms with E-state index in [2.05, 4.69) is 16.9 Å². The third-order valence-electron chi connectivity index (χ3n) is 3.36. The van der Waals surface area contributed by atoms with Crippen LogP contribution in [0.4, 0.5) is 0 Å². The van der Waals surface area contributed by atoms with Gasteiger partial charge in [0.1, 0.15) is 11.4 Å². The monoisotopic (exact) mass is 261 g/mol. The molecule has 5 nitrogen and oxygen atoms in total. The SMILES string of the molecule is CCCCCC(C(N)=O)c1c[nH]c2ncc(O)cc12. The van der Waals surface area contributed by atoms with Crippen molar-refractivity contribution in [2.75, 3.05) is 0 Å². The van der Waals surface area contributed by atoms with Gasteiger partial charge in [-0.05, 0) is 18.1 Å². The summed E-state index contributed by atoms with van der Waals surface area (Å²) in [4.78, 5) is 18.7. The van der Waals surface area contributed by atoms with Crippen LogP contribution in [-0.2, 0) is 4.79 Å². The van der Waals surface area contributed by atoms with Crippen molar-refractivity contribution < 1.29 is 9.90 Å². The zero-order chi connectivity index (χ0) is 13.8. The molecular formula is C14H19N3O2. The Morgan fingerprint density at radius 1 is 1.53 bits per heavy atom. The molecular weight excluding hydrogens is 242 g/mol. The summed E-state index contributed by atoms with van der Waals surface area (Å²) >= 11 is 0. The molecule has 2 aromatic heterocycles. The average molecular weight is 261 g/mol. The molecule has 4 N–H and O–H groups in total. The van der Waals surface area contributed by atoms with Gasteiger partial charge >= 0.3 is 0 Å². The molecule has 0 aliphatic heterocycles. The lowest BCUT2D eigenvalue weighted by molar-refractivity contribution is -0.119. The highest BCUT2D eigenvalue weighted by atomic mass is 16.3. The minimum absolute atomic E-state index is 0.0881. The van der Waals surface area contributed by atoms with Gasteiger partial charge in [-0.15, -0.1) is 0 Å². The lowest BCUT2D eigenvalue weighted by atomic mass is 9.92. The minimum Gasteiger partial charge on any atom is -0.506 e. The first kappa shape index (κ1) is 13.4. The molecule has 102 valence electrons. The summed E-state index contributed by atoms with van der Waals surface area (Å²) in [6.45, 7) is 2.12. The van der Waals surface area contributed by atoms with Crippen LogP contribution in [0.25, 0.3) is 11.0 Å². The van der Waals surface area contributed by atoms with Crippen molar-refractivity contribution in [2.45, 2.75) is 38.5 Å². The third kappa shape index (κ3) is 2.86. The molecule has 0 saturated heterocycles. The Bertz CT molecular complexity index is 577. The number of unbranched alkanes of at least 4 members (excludes halogenated alkanes) is 2. The standard InChI is InChI=1S/C14H19N3O2/c1-2-3-4-5-10(13(15)19)12-8-17-14-11(12)6-9(18)7-16-14/h6-8,10,18H,2-5H2,1H3,(H2,15,19)(H,16,17). The van der Waals surface area contributed by atoms with Crippen LogP contribution in [0.15, 0.2) is 18.5 Å². The number of pyridine rings is 1. The van der Waals surface area contributed by atoms with Crippen LogP contribution in [0, 0.1) is 0 Å². The van der Waals surface area contributed by atoms with Gasteiger partial charge in [-0.25, -0.2) is 4.98 Å². The molecule has 0 radical (unpaired) electrons. The number of aromatic nitrogens is 2. The van der Waals surface area contributed by atoms with Crippen LogP contribution in [0.5, 0.6) is 5.75 Å². The molecule has 1 amide bonds. The van der Waals surface area contributed by atoms with Crippen LogP contribution < -0.4 is 5.73 Å². The third-order valence-corrected chi connectivity index (χ3v) is 3.36. The van der Waals surface area contributed by atoms with Crippen molar-refractivity contribution in [2.24, 2.45) is 5.73 Å². The van der Waals surface area contributed by atoms with E-state index in [9.17, 15) is 9.90 Å². The summed E-state index contributed by atoms with van der Waals surface area (Å²) in [5.41, 5.74) is 6.99. The van der Waals surface area contributed by atoms with Gasteiger partial charge in [0.05, 0.1) is 12.1 Å². The first-order chi connectivity index (χ1) is 9.13. The highest BCUT2D eigenvalue weighted by Gasteiger charge is 2.21. The predicted molar refractivity (Wildman–Crippen MR) is 73.8 cm³/mol. The summed E-state index contributed by atoms with van der Waals surface area (Å²) in [6.07, 6.45) is 7.00. The quantitative estimate of drug-likeness (QED) is 0.697. The molecule has 0 fully saturated rings. The van der Waals surface area contributed by atoms with Gasteiger partial charge in [0.15, 0.2) is 0 Å². The molecule has 0 saturated carbocycles. The number of fused-ring (bicyclic) bond motifs is 1. The normalized spacial score (nSPS) is 12.7. The fourth-order valence-electron chi connectivity index (χ4n) is 2.35. The van der Waals surface area contributed by atoms with Gasteiger partial charge in [0.25, 0.3) is 0 Å². The van der Waals surface area contributed by atoms with E-state index in [1.807, 2.05) is 0 Å². The highest BCUT2D eigenvalue weighted by molar-refractivity contribution is 5.90. The van der Waals surface area contributed by atoms with Crippen molar-refractivity contribution in [1.29, 1.82) is 0 Å². The Morgan fingerprint density at radius 3 is 3.00 bits per heavy atom. The van der Waals surface area contributed by atoms with E-state index in [0.717, 1.165) is 36.6 Å². The van der Waals surface area contributed by atoms with E-state index in [1.165, 1.54) is 6.20 Å². The first-order valence-electron chi connectivity index (χ1n) is 6.58. The number of aromatic hydroxyl groups is 1. The topological polar surface area (TPSA) is 92.0 Å². The number of nitrogens with two attached hydrogens (primary N) is 1. The number of aromatic amines is 1. The van der Waals surface area contributed by atoms with Gasteiger partial charge in [-0.3, -0.25) is 4.79 Å². The maximum Gasteiger partial charge on any atom is 0.225 e. The van der Waals surface area contributed by atoms with Crippen LogP contribution >= 0.6 is 0 Å². The number of carbonyl (C=O) groups excluding carboxylic acids is 1. The molecule has 2 heterocycles. The van der Waals surface area contributed by atoms with Gasteiger partial charge in [0, 0.05) is 11.6 Å². The number of amides is 1. The Balaban J connectivity index is 2.33. The lowest BCUT2D eigenvalue weighted by Crippen LogP contribution is -2.21. The first-order valence-corrected chi connectivity index (χ1v) is 6.58. The maximum atomic E-state index is 11.6. The van der Waals surface area contributed by atoms with Crippen LogP contribution in [0.1, 0.15) is 44.1 Å². The number of nitrogens with zero attached hydrogens (tertiary/aromatic N) is 1. The second kappa shape index (κ2) is 5.73. The fraction of sp³-hybridized carbons (Fsp3) is 0.429. The Kier molecular flexibility index (Phi) is 4.04. The zero-order valence-corrected chi connectivity index (χ0v) is 11.0. The fourth-order valence-corrected chi connectivity index (χ4v) is 2.35. The molecule has 0 spiro atoms. The summed E-state index contributed by atoms with van der Waals surface area (Å²) in [7, 11) is 0. The molecule has 0 bridgehead atoms. The number of carbonyl (C=O) groups is 1. The van der Waals surface area contributed by atoms with E-state index < -0.39 is 0 Å². The molecule has 5 heteroatoms. The lowest BCUT2D eigenvalue weighted by Gasteiger charge is -2.12. The van der Waals surface area contributed by atoms with E-state index in [0.29, 0.717) is 5.65 Å². The van der Waals surface area contributed by atoms with E-state index in [-0.39, 0.29) is 17.6 Å². The van der Waals surface area contributed by atoms with Gasteiger partial charge in [-0.1, -0.05) is 26.2 Å². The van der Waals surface area contributed by atoms with Crippen molar-refractivity contribution in [3.05, 3.63) is 24.0 Å². The maximum absolute atomic E-state index is 11.6. The number of hydrogen-bond acceptors (Lipinski definition) is 3. The molecule has 2 aromatic rings. The molecule has 2 rings (SSSR count). The number of hydrogen-bond donors (Lipinski definition) is 3. The summed E-state index contributed by atoms with van der Waals surface area (Å²) in [5, 5.41) is 10.3. The molecule has 19 heavy (non-hydrogen) atoms. The van der Waals surface area contributed by atoms with E-state index >= 15 is 0 Å². The molecule has 0 aliphatic carbocycles. The van der Waals surface area contributed by atoms with Crippen molar-refractivity contribution in [3.8, 4) is 5.75 Å². The minimum atomic E-state index is -0.333. The second-order valence-corrected chi connectivity index (χ2v) is 4.78. The van der Waals surface area contributed by atoms with E-state index in [4.69, 9.17) is 5.73 Å². The highest BCUT2D eigenvalue weighted by Crippen LogP contribution is 2.30. The van der Waals surface area contributed by atoms with Crippen molar-refractivity contribution >= 4 is 16.9 Å². The second-order valence-electron chi connectivity index (χ2n) is 4.78. The van der Waals surface area contributed by atoms with Crippen molar-refractivity contribution in [1.82, 2.24) is 9.97 Å². The Hall–Kier alpha value is -2.04. The summed E-state index contributed by atoms with van der Waals surface area (Å²) in [6, 6.07) is 1.62. The molecule has 1 atom stereocenters. The molecule has 0 aliphatic rings. The smallest absolute Gasteiger partial charge is 0.225 e. The summed E-state index contributed by atoms with van der Waals surface area (Å²) < 4.78 is 0. The van der Waals surface area contributed by atoms with Gasteiger partial charge in [-0.2, -0.15) is 0 Å². The van der Waals surface area contributed by atoms with Gasteiger partial charge in [0.2, 0.25) is 5.91 Å². The Labute approximate surface area is 111 Å². The van der Waals surface area contributed by atoms with Crippen LogP contribution in [0.2, 0.25) is 0 Å². The number of H-pyrrole nitrogens is 1. The predicted octanol–water partition coefficient (Wildman–Crippen LogP) is 2.42. The number of rotatable bonds is 6. The largest absolute Gasteiger partial charge is 0.506 e. The van der Waals surface area contributed by atoms with Crippen molar-refractivity contribution in [3.63, 3.8) is 0 Å². The molecule has 1 unspecified atom stereocenters. The average Bonchev–Trinajstić information content (AvgIpc) is 2.77. The van der Waals surface area contributed by atoms with Crippen LogP contribution in [0.3, 0.4) is 0 Å². The summed E-state index contributed by atoms with van der Waals surface area (Å²) in [5.74, 6) is -0.575. The molecule has 0 aromatic carbocycles. The van der Waals surface area contributed by atoms with Gasteiger partial charge < -0.3 is 15.8 Å². The van der Waals surface area contributed by atoms with E-state index in [1.54, 1.807) is 12.3 Å². The Morgan fingerprint density at radius 2 is 2.32 bits per heavy atom. The van der Waals surface area contributed by atoms with Crippen LogP contribution in [-0.4, -0.2) is 21.0 Å². The zero-order valence-electron chi connectivity index (χ0n) is 11.0. The number of primary amides is 1.